The fourth-order valence-corrected chi connectivity index (χ4v) is 1.44. The molecule has 0 aromatic carbocycles. The van der Waals surface area contributed by atoms with Crippen LogP contribution in [0.2, 0.25) is 1.41 Å². The number of hydrogen-bond donors (Lipinski definition) is 2. The van der Waals surface area contributed by atoms with Gasteiger partial charge in [0.05, 0.1) is 10.7 Å². The number of aliphatic imine (C=N–C) groups is 1. The Morgan fingerprint density at radius 2 is 2.62 bits per heavy atom. The Kier molecular flexibility index (Phi) is 1.89. The first-order valence-corrected chi connectivity index (χ1v) is 4.50. The second-order valence-corrected chi connectivity index (χ2v) is 3.35. The Morgan fingerprint density at radius 3 is 3.31 bits per heavy atom. The fraction of sp³-hybridized carbons (Fsp3) is 0.125. The van der Waals surface area contributed by atoms with Gasteiger partial charge in [0.15, 0.2) is 13.5 Å². The van der Waals surface area contributed by atoms with Crippen molar-refractivity contribution in [2.24, 2.45) is 10.7 Å². The number of nitrogens with two attached hydrogens (primary N) is 1. The van der Waals surface area contributed by atoms with E-state index < -0.39 is 6.29 Å². The first-order chi connectivity index (χ1) is 6.68. The van der Waals surface area contributed by atoms with Crippen LogP contribution in [0.5, 0.6) is 0 Å². The SMILES string of the molecule is [2H]N1C=C(Br)C(c2ccco2)=NC1N. The van der Waals surface area contributed by atoms with Crippen molar-refractivity contribution >= 4 is 21.6 Å². The molecule has 2 heterocycles. The summed E-state index contributed by atoms with van der Waals surface area (Å²) in [5, 5.41) is 1.07. The highest BCUT2D eigenvalue weighted by Gasteiger charge is 2.15. The highest BCUT2D eigenvalue weighted by Crippen LogP contribution is 2.17. The van der Waals surface area contributed by atoms with Gasteiger partial charge in [0, 0.05) is 6.20 Å². The maximum atomic E-state index is 7.39. The van der Waals surface area contributed by atoms with Gasteiger partial charge in [-0.05, 0) is 28.1 Å². The Hall–Kier alpha value is -1.07. The largest absolute Gasteiger partial charge is 0.463 e. The molecule has 0 amide bonds. The van der Waals surface area contributed by atoms with Gasteiger partial charge >= 0.3 is 0 Å². The highest BCUT2D eigenvalue weighted by molar-refractivity contribution is 9.12. The zero-order chi connectivity index (χ0) is 10.1. The van der Waals surface area contributed by atoms with E-state index in [9.17, 15) is 0 Å². The second kappa shape index (κ2) is 3.35. The van der Waals surface area contributed by atoms with E-state index in [0.29, 0.717) is 16.0 Å². The number of halogens is 1. The summed E-state index contributed by atoms with van der Waals surface area (Å²) in [6.45, 7) is 0. The molecule has 68 valence electrons. The summed E-state index contributed by atoms with van der Waals surface area (Å²) in [6.07, 6.45) is 2.43. The van der Waals surface area contributed by atoms with Crippen LogP contribution in [0.1, 0.15) is 5.76 Å². The van der Waals surface area contributed by atoms with Gasteiger partial charge in [-0.25, -0.2) is 4.99 Å². The van der Waals surface area contributed by atoms with E-state index in [4.69, 9.17) is 11.6 Å². The molecule has 0 radical (unpaired) electrons. The van der Waals surface area contributed by atoms with Crippen LogP contribution in [-0.4, -0.2) is 12.0 Å². The predicted octanol–water partition coefficient (Wildman–Crippen LogP) is 1.15. The quantitative estimate of drug-likeness (QED) is 0.777. The number of rotatable bonds is 1. The molecule has 0 fully saturated rings. The van der Waals surface area contributed by atoms with Crippen molar-refractivity contribution in [2.75, 3.05) is 0 Å². The van der Waals surface area contributed by atoms with E-state index in [2.05, 4.69) is 20.9 Å². The molecule has 1 aromatic rings. The molecule has 0 bridgehead atoms. The average Bonchev–Trinajstić information content (AvgIpc) is 2.64. The molecular formula is C8H8BrN3O. The number of nitrogens with one attached hydrogen (secondary N) is 1. The molecule has 5 heteroatoms. The van der Waals surface area contributed by atoms with Crippen molar-refractivity contribution in [2.45, 2.75) is 6.29 Å². The molecule has 1 aliphatic rings. The fourth-order valence-electron chi connectivity index (χ4n) is 1.02. The number of furan rings is 1. The smallest absolute Gasteiger partial charge is 0.171 e. The first-order valence-electron chi connectivity index (χ1n) is 4.15. The zero-order valence-corrected chi connectivity index (χ0v) is 8.23. The lowest BCUT2D eigenvalue weighted by Crippen LogP contribution is -2.36. The van der Waals surface area contributed by atoms with Crippen molar-refractivity contribution in [1.29, 1.82) is 0 Å². The lowest BCUT2D eigenvalue weighted by atomic mass is 10.2. The van der Waals surface area contributed by atoms with E-state index in [1.165, 1.54) is 0 Å². The van der Waals surface area contributed by atoms with Crippen LogP contribution in [0.3, 0.4) is 0 Å². The molecule has 3 N–H and O–H groups in total. The lowest BCUT2D eigenvalue weighted by Gasteiger charge is -2.15. The molecule has 1 atom stereocenters. The van der Waals surface area contributed by atoms with Crippen LogP contribution in [0.15, 0.2) is 38.5 Å². The maximum Gasteiger partial charge on any atom is 0.171 e. The van der Waals surface area contributed by atoms with Gasteiger partial charge in [-0.15, -0.1) is 0 Å². The van der Waals surface area contributed by atoms with Gasteiger partial charge in [0.25, 0.3) is 0 Å². The van der Waals surface area contributed by atoms with Crippen molar-refractivity contribution in [3.8, 4) is 0 Å². The summed E-state index contributed by atoms with van der Waals surface area (Å²) < 4.78 is 13.3. The van der Waals surface area contributed by atoms with Crippen molar-refractivity contribution in [3.05, 3.63) is 34.8 Å². The molecule has 1 aliphatic heterocycles. The molecule has 0 spiro atoms. The maximum absolute atomic E-state index is 7.39. The minimum atomic E-state index is -0.684. The van der Waals surface area contributed by atoms with Gasteiger partial charge in [0.2, 0.25) is 0 Å². The van der Waals surface area contributed by atoms with Gasteiger partial charge in [-0.2, -0.15) is 0 Å². The molecule has 1 aromatic heterocycles. The summed E-state index contributed by atoms with van der Waals surface area (Å²) in [4.78, 5) is 4.11. The Balaban J connectivity index is 2.37. The summed E-state index contributed by atoms with van der Waals surface area (Å²) in [6, 6.07) is 3.57. The normalized spacial score (nSPS) is 23.7. The van der Waals surface area contributed by atoms with Gasteiger partial charge in [0.1, 0.15) is 5.71 Å². The van der Waals surface area contributed by atoms with Crippen LogP contribution < -0.4 is 11.0 Å². The van der Waals surface area contributed by atoms with E-state index in [1.807, 2.05) is 0 Å². The summed E-state index contributed by atoms with van der Waals surface area (Å²) in [5.41, 5.74) is 6.21. The number of allylic oxidation sites excluding steroid dienone is 1. The van der Waals surface area contributed by atoms with Crippen LogP contribution in [-0.2, 0) is 0 Å². The number of hydrogen-bond acceptors (Lipinski definition) is 4. The minimum Gasteiger partial charge on any atom is -0.463 e. The third-order valence-corrected chi connectivity index (χ3v) is 2.16. The monoisotopic (exact) mass is 242 g/mol. The van der Waals surface area contributed by atoms with Gasteiger partial charge in [-0.3, -0.25) is 5.73 Å². The highest BCUT2D eigenvalue weighted by atomic mass is 79.9. The minimum absolute atomic E-state index is 0.631. The van der Waals surface area contributed by atoms with Crippen molar-refractivity contribution < 1.29 is 5.83 Å². The topological polar surface area (TPSA) is 63.5 Å². The van der Waals surface area contributed by atoms with Crippen LogP contribution in [0, 0.1) is 0 Å². The molecular weight excluding hydrogens is 234 g/mol. The summed E-state index contributed by atoms with van der Waals surface area (Å²) in [5.74, 6) is 0.636. The molecule has 0 saturated heterocycles. The van der Waals surface area contributed by atoms with Gasteiger partial charge < -0.3 is 9.73 Å². The molecule has 0 aliphatic carbocycles. The number of nitrogens with zero attached hydrogens (tertiary/aromatic N) is 1. The van der Waals surface area contributed by atoms with Gasteiger partial charge in [-0.1, -0.05) is 0 Å². The Bertz CT molecular complexity index is 387. The third kappa shape index (κ3) is 1.66. The third-order valence-electron chi connectivity index (χ3n) is 1.58. The van der Waals surface area contributed by atoms with Crippen LogP contribution in [0.25, 0.3) is 0 Å². The first kappa shape index (κ1) is 7.34. The van der Waals surface area contributed by atoms with Crippen LogP contribution in [0.4, 0.5) is 0 Å². The standard InChI is InChI=1S/C8H8BrN3O/c9-5-4-11-8(10)12-7(5)6-2-1-3-13-6/h1-4,8,11H,10H2/i/hD. The summed E-state index contributed by atoms with van der Waals surface area (Å²) >= 11 is 3.30. The summed E-state index contributed by atoms with van der Waals surface area (Å²) in [7, 11) is 0. The molecule has 1 unspecified atom stereocenters. The average molecular weight is 243 g/mol. The second-order valence-electron chi connectivity index (χ2n) is 2.49. The van der Waals surface area contributed by atoms with E-state index >= 15 is 0 Å². The molecule has 2 rings (SSSR count). The molecule has 4 nitrogen and oxygen atoms in total. The Morgan fingerprint density at radius 1 is 1.77 bits per heavy atom. The zero-order valence-electron chi connectivity index (χ0n) is 7.64. The van der Waals surface area contributed by atoms with Crippen molar-refractivity contribution in [1.82, 2.24) is 5.31 Å². The molecule has 13 heavy (non-hydrogen) atoms. The van der Waals surface area contributed by atoms with Crippen molar-refractivity contribution in [3.63, 3.8) is 0 Å². The Labute approximate surface area is 85.1 Å². The predicted molar refractivity (Wildman–Crippen MR) is 53.4 cm³/mol. The van der Waals surface area contributed by atoms with Crippen LogP contribution >= 0.6 is 15.9 Å². The van der Waals surface area contributed by atoms with E-state index in [0.717, 1.165) is 5.31 Å². The van der Waals surface area contributed by atoms with E-state index in [-0.39, 0.29) is 0 Å². The van der Waals surface area contributed by atoms with E-state index in [1.54, 1.807) is 24.6 Å². The molecule has 0 saturated carbocycles. The lowest BCUT2D eigenvalue weighted by molar-refractivity contribution is 0.553.